The molecule has 9 heteroatoms. The Labute approximate surface area is 208 Å². The van der Waals surface area contributed by atoms with Crippen molar-refractivity contribution >= 4 is 51.4 Å². The molecule has 0 spiro atoms. The number of nitrogens with zero attached hydrogens (tertiary/aromatic N) is 3. The van der Waals surface area contributed by atoms with Gasteiger partial charge in [0.25, 0.3) is 5.91 Å². The summed E-state index contributed by atoms with van der Waals surface area (Å²) in [6.45, 7) is 4.82. The van der Waals surface area contributed by atoms with E-state index in [4.69, 9.17) is 26.5 Å². The summed E-state index contributed by atoms with van der Waals surface area (Å²) >= 11 is 7.39. The molecule has 0 saturated carbocycles. The van der Waals surface area contributed by atoms with Gasteiger partial charge >= 0.3 is 0 Å². The summed E-state index contributed by atoms with van der Waals surface area (Å²) in [7, 11) is 0. The molecule has 7 nitrogen and oxygen atoms in total. The van der Waals surface area contributed by atoms with Gasteiger partial charge in [-0.25, -0.2) is 0 Å². The number of hydrogen-bond acceptors (Lipinski definition) is 6. The molecule has 0 aliphatic carbocycles. The van der Waals surface area contributed by atoms with Gasteiger partial charge in [0.1, 0.15) is 29.8 Å². The van der Waals surface area contributed by atoms with Crippen molar-refractivity contribution in [1.29, 1.82) is 5.41 Å². The summed E-state index contributed by atoms with van der Waals surface area (Å²) in [6, 6.07) is 12.8. The Morgan fingerprint density at radius 1 is 1.12 bits per heavy atom. The summed E-state index contributed by atoms with van der Waals surface area (Å²) < 4.78 is 11.4. The molecule has 176 valence electrons. The minimum atomic E-state index is -0.425. The van der Waals surface area contributed by atoms with Gasteiger partial charge in [-0.3, -0.25) is 10.2 Å². The highest BCUT2D eigenvalue weighted by molar-refractivity contribution is 8.26. The lowest BCUT2D eigenvalue weighted by molar-refractivity contribution is -0.114. The number of thioether (sulfide) groups is 1. The summed E-state index contributed by atoms with van der Waals surface area (Å²) in [5.41, 5.74) is 1.95. The fourth-order valence-electron chi connectivity index (χ4n) is 3.31. The number of hydrogen-bond donors (Lipinski definition) is 1. The molecular weight excluding hydrogens is 472 g/mol. The first kappa shape index (κ1) is 24.0. The van der Waals surface area contributed by atoms with Crippen molar-refractivity contribution in [2.45, 2.75) is 33.1 Å². The lowest BCUT2D eigenvalue weighted by atomic mass is 10.1. The van der Waals surface area contributed by atoms with Crippen molar-refractivity contribution < 1.29 is 14.3 Å². The number of rotatable bonds is 9. The van der Waals surface area contributed by atoms with Crippen LogP contribution < -0.4 is 9.47 Å². The number of nitrogens with one attached hydrogen (secondary N) is 1. The molecule has 0 saturated heterocycles. The van der Waals surface area contributed by atoms with E-state index in [9.17, 15) is 4.79 Å². The van der Waals surface area contributed by atoms with Gasteiger partial charge in [0.2, 0.25) is 5.17 Å². The molecule has 34 heavy (non-hydrogen) atoms. The molecule has 0 aromatic heterocycles. The number of ether oxygens (including phenoxy) is 2. The van der Waals surface area contributed by atoms with Crippen LogP contribution in [0.1, 0.15) is 37.3 Å². The molecule has 2 aromatic carbocycles. The van der Waals surface area contributed by atoms with E-state index in [1.165, 1.54) is 16.8 Å². The van der Waals surface area contributed by atoms with E-state index in [1.807, 2.05) is 49.4 Å². The molecule has 2 heterocycles. The van der Waals surface area contributed by atoms with Crippen LogP contribution in [0.2, 0.25) is 5.02 Å². The first-order valence-electron chi connectivity index (χ1n) is 11.1. The van der Waals surface area contributed by atoms with Crippen LogP contribution in [0.4, 0.5) is 0 Å². The minimum absolute atomic E-state index is 0.0453. The molecule has 1 N–H and O–H groups in total. The Morgan fingerprint density at radius 3 is 2.53 bits per heavy atom. The average molecular weight is 497 g/mol. The van der Waals surface area contributed by atoms with Gasteiger partial charge in [0, 0.05) is 5.02 Å². The summed E-state index contributed by atoms with van der Waals surface area (Å²) in [5, 5.41) is 16.4. The molecule has 2 aliphatic rings. The molecule has 0 fully saturated rings. The van der Waals surface area contributed by atoms with E-state index in [-0.39, 0.29) is 11.4 Å². The number of benzene rings is 2. The summed E-state index contributed by atoms with van der Waals surface area (Å²) in [6.07, 6.45) is 4.55. The fraction of sp³-hybridized carbons (Fsp3) is 0.280. The Bertz CT molecular complexity index is 1190. The molecule has 0 bridgehead atoms. The van der Waals surface area contributed by atoms with Gasteiger partial charge in [0.05, 0.1) is 5.57 Å². The topological polar surface area (TPSA) is 87.3 Å². The van der Waals surface area contributed by atoms with E-state index in [0.29, 0.717) is 29.2 Å². The SMILES string of the molecule is CCCCC1=NN2C(=N)/C(=C/c3ccc(OCCOc4ccc(Cl)c(C)c4)cc3)C(=O)N=C2S1. The van der Waals surface area contributed by atoms with Crippen molar-refractivity contribution in [3.8, 4) is 11.5 Å². The number of amides is 1. The Kier molecular flexibility index (Phi) is 7.70. The molecule has 0 atom stereocenters. The predicted molar refractivity (Wildman–Crippen MR) is 138 cm³/mol. The van der Waals surface area contributed by atoms with Gasteiger partial charge < -0.3 is 9.47 Å². The van der Waals surface area contributed by atoms with Gasteiger partial charge in [-0.1, -0.05) is 37.1 Å². The second-order valence-electron chi connectivity index (χ2n) is 7.79. The van der Waals surface area contributed by atoms with Crippen molar-refractivity contribution in [2.75, 3.05) is 13.2 Å². The van der Waals surface area contributed by atoms with Crippen LogP contribution in [0, 0.1) is 12.3 Å². The number of hydrazone groups is 1. The maximum atomic E-state index is 12.5. The van der Waals surface area contributed by atoms with Gasteiger partial charge in [-0.15, -0.1) is 0 Å². The zero-order valence-electron chi connectivity index (χ0n) is 19.0. The van der Waals surface area contributed by atoms with Crippen molar-refractivity contribution in [3.63, 3.8) is 0 Å². The average Bonchev–Trinajstić information content (AvgIpc) is 3.24. The second-order valence-corrected chi connectivity index (χ2v) is 9.24. The van der Waals surface area contributed by atoms with Crippen molar-refractivity contribution in [2.24, 2.45) is 10.1 Å². The highest BCUT2D eigenvalue weighted by Gasteiger charge is 2.35. The number of amidine groups is 2. The molecule has 2 aromatic rings. The van der Waals surface area contributed by atoms with E-state index < -0.39 is 5.91 Å². The standard InChI is InChI=1S/C25H25ClN4O3S/c1-3-4-5-22-29-30-23(27)20(24(31)28-25(30)34-22)15-17-6-8-18(9-7-17)32-12-13-33-19-10-11-21(26)16(2)14-19/h6-11,14-15,27H,3-5,12-13H2,1-2H3/b20-15-,27-23?. The van der Waals surface area contributed by atoms with Crippen molar-refractivity contribution in [1.82, 2.24) is 5.01 Å². The van der Waals surface area contributed by atoms with Crippen LogP contribution in [0.3, 0.4) is 0 Å². The predicted octanol–water partition coefficient (Wildman–Crippen LogP) is 5.92. The van der Waals surface area contributed by atoms with Gasteiger partial charge in [0.15, 0.2) is 5.84 Å². The number of carbonyl (C=O) groups excluding carboxylic acids is 1. The van der Waals surface area contributed by atoms with Gasteiger partial charge in [-0.05, 0) is 79.1 Å². The maximum Gasteiger partial charge on any atom is 0.283 e. The van der Waals surface area contributed by atoms with Crippen molar-refractivity contribution in [3.05, 3.63) is 64.2 Å². The van der Waals surface area contributed by atoms with Crippen LogP contribution >= 0.6 is 23.4 Å². The smallest absolute Gasteiger partial charge is 0.283 e. The zero-order valence-corrected chi connectivity index (χ0v) is 20.6. The van der Waals surface area contributed by atoms with E-state index in [1.54, 1.807) is 6.08 Å². The Morgan fingerprint density at radius 2 is 1.82 bits per heavy atom. The molecule has 2 aliphatic heterocycles. The monoisotopic (exact) mass is 496 g/mol. The summed E-state index contributed by atoms with van der Waals surface area (Å²) in [5.74, 6) is 1.05. The molecule has 0 radical (unpaired) electrons. The Balaban J connectivity index is 1.34. The number of unbranched alkanes of at least 4 members (excludes halogenated alkanes) is 1. The minimum Gasteiger partial charge on any atom is -0.490 e. The lowest BCUT2D eigenvalue weighted by Gasteiger charge is -2.20. The third kappa shape index (κ3) is 5.69. The van der Waals surface area contributed by atoms with E-state index in [0.717, 1.165) is 41.2 Å². The number of fused-ring (bicyclic) bond motifs is 1. The van der Waals surface area contributed by atoms with Gasteiger partial charge in [-0.2, -0.15) is 15.1 Å². The second kappa shape index (κ2) is 10.9. The number of aliphatic imine (C=N–C) groups is 1. The number of aryl methyl sites for hydroxylation is 1. The number of halogens is 1. The highest BCUT2D eigenvalue weighted by Crippen LogP contribution is 2.30. The van der Waals surface area contributed by atoms with Crippen LogP contribution in [0.5, 0.6) is 11.5 Å². The Hall–Kier alpha value is -3.10. The van der Waals surface area contributed by atoms with Crippen LogP contribution in [-0.4, -0.2) is 40.2 Å². The molecule has 1 amide bonds. The summed E-state index contributed by atoms with van der Waals surface area (Å²) in [4.78, 5) is 16.7. The third-order valence-electron chi connectivity index (χ3n) is 5.18. The first-order chi connectivity index (χ1) is 16.4. The zero-order chi connectivity index (χ0) is 24.1. The van der Waals surface area contributed by atoms with Crippen LogP contribution in [0.25, 0.3) is 6.08 Å². The highest BCUT2D eigenvalue weighted by atomic mass is 35.5. The molecule has 0 unspecified atom stereocenters. The maximum absolute atomic E-state index is 12.5. The largest absolute Gasteiger partial charge is 0.490 e. The van der Waals surface area contributed by atoms with Crippen LogP contribution in [0.15, 0.2) is 58.1 Å². The molecule has 4 rings (SSSR count). The third-order valence-corrected chi connectivity index (χ3v) is 6.57. The quantitative estimate of drug-likeness (QED) is 0.344. The van der Waals surface area contributed by atoms with Crippen LogP contribution in [-0.2, 0) is 4.79 Å². The lowest BCUT2D eigenvalue weighted by Crippen LogP contribution is -2.35. The first-order valence-corrected chi connectivity index (χ1v) is 12.2. The van der Waals surface area contributed by atoms with E-state index in [2.05, 4.69) is 17.0 Å². The number of carbonyl (C=O) groups is 1. The normalized spacial score (nSPS) is 16.4. The van der Waals surface area contributed by atoms with E-state index >= 15 is 0 Å². The molecular formula is C25H25ClN4O3S. The fourth-order valence-corrected chi connectivity index (χ4v) is 4.36.